The van der Waals surface area contributed by atoms with Crippen LogP contribution in [-0.4, -0.2) is 50.2 Å². The number of hydrogen-bond donors (Lipinski definition) is 1. The number of halogens is 5. The molecular weight excluding hydrogens is 542 g/mol. The summed E-state index contributed by atoms with van der Waals surface area (Å²) >= 11 is 12.2. The summed E-state index contributed by atoms with van der Waals surface area (Å²) in [6.07, 6.45) is -3.85. The molecular formula is C27H32Cl2F3N3O3. The van der Waals surface area contributed by atoms with E-state index in [1.807, 2.05) is 18.7 Å². The average Bonchev–Trinajstić information content (AvgIpc) is 2.89. The lowest BCUT2D eigenvalue weighted by molar-refractivity contribution is -0.137. The lowest BCUT2D eigenvalue weighted by Gasteiger charge is -2.38. The summed E-state index contributed by atoms with van der Waals surface area (Å²) in [7, 11) is 1.22. The van der Waals surface area contributed by atoms with Gasteiger partial charge in [0.25, 0.3) is 0 Å². The molecule has 2 aromatic rings. The van der Waals surface area contributed by atoms with Crippen molar-refractivity contribution >= 4 is 40.9 Å². The van der Waals surface area contributed by atoms with Gasteiger partial charge in [0.1, 0.15) is 0 Å². The van der Waals surface area contributed by atoms with Gasteiger partial charge in [0.2, 0.25) is 5.91 Å². The fraction of sp³-hybridized carbons (Fsp3) is 0.481. The maximum absolute atomic E-state index is 13.6. The Morgan fingerprint density at radius 2 is 1.76 bits per heavy atom. The SMILES string of the molecule is CCC(C)[C@H](NC(=O)OC)c1cc(C(F)(F)F)ccc1N1CCN(C(=O)CCc2ccc(Cl)cc2Cl)CC1. The number of nitrogens with one attached hydrogen (secondary N) is 1. The smallest absolute Gasteiger partial charge is 0.416 e. The molecule has 1 saturated heterocycles. The highest BCUT2D eigenvalue weighted by molar-refractivity contribution is 6.35. The van der Waals surface area contributed by atoms with Crippen molar-refractivity contribution in [2.24, 2.45) is 5.92 Å². The summed E-state index contributed by atoms with van der Waals surface area (Å²) in [5, 5.41) is 3.76. The second-order valence-electron chi connectivity index (χ2n) is 9.37. The van der Waals surface area contributed by atoms with Crippen molar-refractivity contribution in [1.29, 1.82) is 0 Å². The van der Waals surface area contributed by atoms with E-state index >= 15 is 0 Å². The summed E-state index contributed by atoms with van der Waals surface area (Å²) in [4.78, 5) is 28.6. The summed E-state index contributed by atoms with van der Waals surface area (Å²) < 4.78 is 45.6. The van der Waals surface area contributed by atoms with Crippen LogP contribution in [0.4, 0.5) is 23.7 Å². The van der Waals surface area contributed by atoms with E-state index in [1.165, 1.54) is 13.2 Å². The molecule has 1 unspecified atom stereocenters. The first-order chi connectivity index (χ1) is 17.9. The van der Waals surface area contributed by atoms with E-state index in [1.54, 1.807) is 23.1 Å². The van der Waals surface area contributed by atoms with Gasteiger partial charge >= 0.3 is 12.3 Å². The maximum atomic E-state index is 13.6. The van der Waals surface area contributed by atoms with E-state index in [2.05, 4.69) is 5.32 Å². The van der Waals surface area contributed by atoms with Crippen LogP contribution in [-0.2, 0) is 22.1 Å². The Bertz CT molecular complexity index is 1140. The molecule has 1 fully saturated rings. The van der Waals surface area contributed by atoms with Crippen LogP contribution < -0.4 is 10.2 Å². The minimum atomic E-state index is -4.53. The van der Waals surface area contributed by atoms with Gasteiger partial charge in [-0.2, -0.15) is 13.2 Å². The third-order valence-electron chi connectivity index (χ3n) is 6.96. The van der Waals surface area contributed by atoms with Crippen LogP contribution in [0, 0.1) is 5.92 Å². The normalized spacial score (nSPS) is 15.7. The lowest BCUT2D eigenvalue weighted by atomic mass is 9.89. The zero-order chi connectivity index (χ0) is 28.0. The molecule has 2 aromatic carbocycles. The number of rotatable bonds is 8. The molecule has 11 heteroatoms. The Morgan fingerprint density at radius 1 is 1.08 bits per heavy atom. The topological polar surface area (TPSA) is 61.9 Å². The second kappa shape index (κ2) is 12.9. The van der Waals surface area contributed by atoms with Gasteiger partial charge in [-0.05, 0) is 53.8 Å². The number of alkyl carbamates (subject to hydrolysis) is 1. The first-order valence-corrected chi connectivity index (χ1v) is 13.2. The van der Waals surface area contributed by atoms with Gasteiger partial charge in [0.05, 0.1) is 18.7 Å². The van der Waals surface area contributed by atoms with Crippen LogP contribution in [0.25, 0.3) is 0 Å². The first-order valence-electron chi connectivity index (χ1n) is 12.5. The molecule has 208 valence electrons. The number of ether oxygens (including phenoxy) is 1. The molecule has 1 N–H and O–H groups in total. The van der Waals surface area contributed by atoms with Gasteiger partial charge < -0.3 is 19.9 Å². The molecule has 1 aliphatic heterocycles. The largest absolute Gasteiger partial charge is 0.453 e. The van der Waals surface area contributed by atoms with Gasteiger partial charge in [-0.25, -0.2) is 4.79 Å². The highest BCUT2D eigenvalue weighted by Gasteiger charge is 2.34. The fourth-order valence-corrected chi connectivity index (χ4v) is 5.04. The molecule has 0 spiro atoms. The van der Waals surface area contributed by atoms with Crippen molar-refractivity contribution in [3.63, 3.8) is 0 Å². The molecule has 0 aromatic heterocycles. The minimum absolute atomic E-state index is 0.0202. The van der Waals surface area contributed by atoms with Crippen molar-refractivity contribution in [1.82, 2.24) is 10.2 Å². The zero-order valence-corrected chi connectivity index (χ0v) is 23.1. The number of carbonyl (C=O) groups excluding carboxylic acids is 2. The quantitative estimate of drug-likeness (QED) is 0.380. The maximum Gasteiger partial charge on any atom is 0.416 e. The summed E-state index contributed by atoms with van der Waals surface area (Å²) in [5.41, 5.74) is 1.02. The third kappa shape index (κ3) is 7.47. The number of hydrogen-bond acceptors (Lipinski definition) is 4. The summed E-state index contributed by atoms with van der Waals surface area (Å²) in [6.45, 7) is 5.51. The second-order valence-corrected chi connectivity index (χ2v) is 10.2. The number of piperazine rings is 1. The molecule has 3 rings (SSSR count). The Kier molecular flexibility index (Phi) is 10.2. The lowest BCUT2D eigenvalue weighted by Crippen LogP contribution is -2.49. The van der Waals surface area contributed by atoms with Crippen molar-refractivity contribution in [2.75, 3.05) is 38.2 Å². The summed E-state index contributed by atoms with van der Waals surface area (Å²) in [5.74, 6) is -0.174. The number of carbonyl (C=O) groups is 2. The predicted octanol–water partition coefficient (Wildman–Crippen LogP) is 6.74. The number of aryl methyl sites for hydroxylation is 1. The molecule has 6 nitrogen and oxygen atoms in total. The van der Waals surface area contributed by atoms with Crippen molar-refractivity contribution < 1.29 is 27.5 Å². The molecule has 0 aliphatic carbocycles. The van der Waals surface area contributed by atoms with Crippen LogP contribution >= 0.6 is 23.2 Å². The Labute approximate surface area is 231 Å². The Balaban J connectivity index is 1.77. The molecule has 0 radical (unpaired) electrons. The predicted molar refractivity (Wildman–Crippen MR) is 143 cm³/mol. The van der Waals surface area contributed by atoms with Crippen LogP contribution in [0.15, 0.2) is 36.4 Å². The van der Waals surface area contributed by atoms with Crippen molar-refractivity contribution in [2.45, 2.75) is 45.3 Å². The van der Waals surface area contributed by atoms with Gasteiger partial charge in [-0.3, -0.25) is 4.79 Å². The number of nitrogens with zero attached hydrogens (tertiary/aromatic N) is 2. The Hall–Kier alpha value is -2.65. The van der Waals surface area contributed by atoms with Gasteiger partial charge in [-0.15, -0.1) is 0 Å². The monoisotopic (exact) mass is 573 g/mol. The van der Waals surface area contributed by atoms with Crippen molar-refractivity contribution in [3.8, 4) is 0 Å². The molecule has 1 aliphatic rings. The number of amides is 2. The van der Waals surface area contributed by atoms with E-state index in [0.29, 0.717) is 60.3 Å². The third-order valence-corrected chi connectivity index (χ3v) is 7.54. The van der Waals surface area contributed by atoms with Gasteiger partial charge in [-0.1, -0.05) is 49.5 Å². The molecule has 0 bridgehead atoms. The van der Waals surface area contributed by atoms with E-state index < -0.39 is 23.9 Å². The minimum Gasteiger partial charge on any atom is -0.453 e. The van der Waals surface area contributed by atoms with Gasteiger partial charge in [0, 0.05) is 48.3 Å². The molecule has 2 atom stereocenters. The van der Waals surface area contributed by atoms with Gasteiger partial charge in [0.15, 0.2) is 0 Å². The van der Waals surface area contributed by atoms with E-state index in [9.17, 15) is 22.8 Å². The average molecular weight is 574 g/mol. The molecule has 38 heavy (non-hydrogen) atoms. The van der Waals surface area contributed by atoms with E-state index in [-0.39, 0.29) is 18.2 Å². The van der Waals surface area contributed by atoms with Crippen LogP contribution in [0.5, 0.6) is 0 Å². The number of anilines is 1. The number of methoxy groups -OCH3 is 1. The molecule has 1 heterocycles. The first kappa shape index (κ1) is 29.9. The Morgan fingerprint density at radius 3 is 2.34 bits per heavy atom. The fourth-order valence-electron chi connectivity index (χ4n) is 4.54. The summed E-state index contributed by atoms with van der Waals surface area (Å²) in [6, 6.07) is 8.10. The number of benzene rings is 2. The van der Waals surface area contributed by atoms with E-state index in [0.717, 1.165) is 17.7 Å². The number of alkyl halides is 3. The molecule has 0 saturated carbocycles. The highest BCUT2D eigenvalue weighted by Crippen LogP contribution is 2.38. The van der Waals surface area contributed by atoms with Crippen LogP contribution in [0.2, 0.25) is 10.0 Å². The van der Waals surface area contributed by atoms with Crippen molar-refractivity contribution in [3.05, 3.63) is 63.1 Å². The zero-order valence-electron chi connectivity index (χ0n) is 21.6. The highest BCUT2D eigenvalue weighted by atomic mass is 35.5. The van der Waals surface area contributed by atoms with Crippen LogP contribution in [0.3, 0.4) is 0 Å². The van der Waals surface area contributed by atoms with E-state index in [4.69, 9.17) is 27.9 Å². The standard InChI is InChI=1S/C27H32Cl2F3N3O3/c1-4-17(2)25(33-26(37)38-3)21-15-19(27(30,31)32)7-9-23(21)34-11-13-35(14-12-34)24(36)10-6-18-5-8-20(28)16-22(18)29/h5,7-9,15-17,25H,4,6,10-14H2,1-3H3,(H,33,37)/t17?,25-/m0/s1. The van der Waals surface area contributed by atoms with Crippen LogP contribution in [0.1, 0.15) is 49.4 Å². The molecule has 2 amide bonds.